The van der Waals surface area contributed by atoms with E-state index in [2.05, 4.69) is 0 Å². The highest BCUT2D eigenvalue weighted by molar-refractivity contribution is 6.01. The van der Waals surface area contributed by atoms with Gasteiger partial charge in [-0.3, -0.25) is 14.2 Å². The Morgan fingerprint density at radius 2 is 2.05 bits per heavy atom. The monoisotopic (exact) mass is 285 g/mol. The largest absolute Gasteiger partial charge is 0.508 e. The van der Waals surface area contributed by atoms with Crippen molar-refractivity contribution in [3.63, 3.8) is 0 Å². The Morgan fingerprint density at radius 3 is 2.76 bits per heavy atom. The second kappa shape index (κ2) is 5.44. The number of phenolic OH excluding ortho intramolecular Hbond substituents is 1. The van der Waals surface area contributed by atoms with Crippen LogP contribution in [0.1, 0.15) is 16.1 Å². The second-order valence-corrected chi connectivity index (χ2v) is 5.05. The molecule has 108 valence electrons. The molecule has 2 aromatic rings. The van der Waals surface area contributed by atoms with E-state index in [9.17, 15) is 14.7 Å². The van der Waals surface area contributed by atoms with Crippen LogP contribution in [0.15, 0.2) is 42.6 Å². The molecule has 5 nitrogen and oxygen atoms in total. The summed E-state index contributed by atoms with van der Waals surface area (Å²) in [4.78, 5) is 24.0. The highest BCUT2D eigenvalue weighted by Crippen LogP contribution is 2.22. The lowest BCUT2D eigenvalue weighted by molar-refractivity contribution is -0.146. The third-order valence-electron chi connectivity index (χ3n) is 3.64. The number of nitrogens with zero attached hydrogens (tertiary/aromatic N) is 1. The van der Waals surface area contributed by atoms with Crippen LogP contribution in [0.2, 0.25) is 0 Å². The molecule has 0 radical (unpaired) electrons. The SMILES string of the molecule is O=C(OCCc1ccc(O)cc1)[C@@H]1Cc2cccn2C1=O. The molecule has 0 bridgehead atoms. The van der Waals surface area contributed by atoms with Crippen LogP contribution in [0.3, 0.4) is 0 Å². The van der Waals surface area contributed by atoms with E-state index in [0.29, 0.717) is 12.8 Å². The molecule has 0 aliphatic carbocycles. The van der Waals surface area contributed by atoms with Crippen LogP contribution in [0.4, 0.5) is 0 Å². The molecular formula is C16H15NO4. The minimum Gasteiger partial charge on any atom is -0.508 e. The van der Waals surface area contributed by atoms with Gasteiger partial charge in [0, 0.05) is 24.7 Å². The number of carbonyl (C=O) groups is 2. The van der Waals surface area contributed by atoms with Crippen LogP contribution in [-0.2, 0) is 22.4 Å². The fourth-order valence-electron chi connectivity index (χ4n) is 2.48. The zero-order chi connectivity index (χ0) is 14.8. The number of aromatic hydroxyl groups is 1. The van der Waals surface area contributed by atoms with Crippen LogP contribution < -0.4 is 0 Å². The van der Waals surface area contributed by atoms with Gasteiger partial charge in [0.05, 0.1) is 6.61 Å². The topological polar surface area (TPSA) is 68.5 Å². The Balaban J connectivity index is 1.52. The molecule has 2 heterocycles. The molecule has 3 rings (SSSR count). The molecule has 5 heteroatoms. The molecule has 0 unspecified atom stereocenters. The van der Waals surface area contributed by atoms with E-state index in [1.165, 1.54) is 4.57 Å². The maximum Gasteiger partial charge on any atom is 0.318 e. The summed E-state index contributed by atoms with van der Waals surface area (Å²) in [5.74, 6) is -1.21. The number of hydrogen-bond donors (Lipinski definition) is 1. The van der Waals surface area contributed by atoms with Gasteiger partial charge in [0.25, 0.3) is 0 Å². The van der Waals surface area contributed by atoms with Gasteiger partial charge < -0.3 is 9.84 Å². The van der Waals surface area contributed by atoms with Crippen molar-refractivity contribution in [1.29, 1.82) is 0 Å². The summed E-state index contributed by atoms with van der Waals surface area (Å²) < 4.78 is 6.70. The fraction of sp³-hybridized carbons (Fsp3) is 0.250. The number of esters is 1. The Hall–Kier alpha value is -2.56. The molecule has 0 saturated carbocycles. The van der Waals surface area contributed by atoms with Gasteiger partial charge in [-0.25, -0.2) is 0 Å². The molecule has 1 aliphatic heterocycles. The Morgan fingerprint density at radius 1 is 1.29 bits per heavy atom. The first-order valence-corrected chi connectivity index (χ1v) is 6.80. The van der Waals surface area contributed by atoms with E-state index in [1.807, 2.05) is 6.07 Å². The quantitative estimate of drug-likeness (QED) is 0.687. The second-order valence-electron chi connectivity index (χ2n) is 5.05. The molecule has 0 saturated heterocycles. The molecule has 1 aromatic heterocycles. The number of ether oxygens (including phenoxy) is 1. The van der Waals surface area contributed by atoms with Crippen molar-refractivity contribution in [2.75, 3.05) is 6.61 Å². The van der Waals surface area contributed by atoms with Crippen molar-refractivity contribution >= 4 is 11.9 Å². The molecule has 1 atom stereocenters. The predicted octanol–water partition coefficient (Wildman–Crippen LogP) is 1.79. The van der Waals surface area contributed by atoms with Gasteiger partial charge in [-0.1, -0.05) is 12.1 Å². The third kappa shape index (κ3) is 2.67. The van der Waals surface area contributed by atoms with Crippen LogP contribution in [0.25, 0.3) is 0 Å². The Bertz CT molecular complexity index is 672. The normalized spacial score (nSPS) is 16.8. The van der Waals surface area contributed by atoms with Crippen molar-refractivity contribution in [3.05, 3.63) is 53.9 Å². The molecule has 0 fully saturated rings. The molecule has 21 heavy (non-hydrogen) atoms. The van der Waals surface area contributed by atoms with Gasteiger partial charge in [-0.2, -0.15) is 0 Å². The zero-order valence-electron chi connectivity index (χ0n) is 11.4. The molecule has 1 aromatic carbocycles. The van der Waals surface area contributed by atoms with Crippen molar-refractivity contribution in [2.24, 2.45) is 5.92 Å². The number of benzene rings is 1. The number of hydrogen-bond acceptors (Lipinski definition) is 4. The summed E-state index contributed by atoms with van der Waals surface area (Å²) in [5, 5.41) is 9.18. The Labute approximate surface area is 121 Å². The lowest BCUT2D eigenvalue weighted by Crippen LogP contribution is -2.26. The third-order valence-corrected chi connectivity index (χ3v) is 3.64. The van der Waals surface area contributed by atoms with Gasteiger partial charge in [-0.05, 0) is 29.8 Å². The molecule has 0 spiro atoms. The van der Waals surface area contributed by atoms with E-state index < -0.39 is 11.9 Å². The van der Waals surface area contributed by atoms with Crippen molar-refractivity contribution in [3.8, 4) is 5.75 Å². The lowest BCUT2D eigenvalue weighted by atomic mass is 10.1. The highest BCUT2D eigenvalue weighted by Gasteiger charge is 2.36. The average Bonchev–Trinajstić information content (AvgIpc) is 3.04. The predicted molar refractivity (Wildman–Crippen MR) is 75.0 cm³/mol. The van der Waals surface area contributed by atoms with Gasteiger partial charge in [0.2, 0.25) is 5.91 Å². The summed E-state index contributed by atoms with van der Waals surface area (Å²) >= 11 is 0. The average molecular weight is 285 g/mol. The van der Waals surface area contributed by atoms with Crippen LogP contribution in [0.5, 0.6) is 5.75 Å². The first-order chi connectivity index (χ1) is 10.1. The number of carbonyl (C=O) groups excluding carboxylic acids is 2. The molecule has 0 amide bonds. The van der Waals surface area contributed by atoms with Gasteiger partial charge in [0.1, 0.15) is 11.7 Å². The maximum absolute atomic E-state index is 12.0. The van der Waals surface area contributed by atoms with Crippen LogP contribution in [-0.4, -0.2) is 28.2 Å². The molecule has 1 N–H and O–H groups in total. The minimum atomic E-state index is -0.721. The van der Waals surface area contributed by atoms with Crippen LogP contribution >= 0.6 is 0 Å². The van der Waals surface area contributed by atoms with Crippen molar-refractivity contribution < 1.29 is 19.4 Å². The summed E-state index contributed by atoms with van der Waals surface area (Å²) in [6.45, 7) is 0.224. The molecular weight excluding hydrogens is 270 g/mol. The smallest absolute Gasteiger partial charge is 0.318 e. The van der Waals surface area contributed by atoms with Crippen molar-refractivity contribution in [1.82, 2.24) is 4.57 Å². The fourth-order valence-corrected chi connectivity index (χ4v) is 2.48. The maximum atomic E-state index is 12.0. The van der Waals surface area contributed by atoms with Gasteiger partial charge in [-0.15, -0.1) is 0 Å². The zero-order valence-corrected chi connectivity index (χ0v) is 11.4. The molecule has 1 aliphatic rings. The summed E-state index contributed by atoms with van der Waals surface area (Å²) in [6, 6.07) is 10.3. The van der Waals surface area contributed by atoms with E-state index in [4.69, 9.17) is 4.74 Å². The van der Waals surface area contributed by atoms with Crippen molar-refractivity contribution in [2.45, 2.75) is 12.8 Å². The van der Waals surface area contributed by atoms with E-state index in [0.717, 1.165) is 11.3 Å². The number of fused-ring (bicyclic) bond motifs is 1. The van der Waals surface area contributed by atoms with Gasteiger partial charge in [0.15, 0.2) is 0 Å². The summed E-state index contributed by atoms with van der Waals surface area (Å²) in [5.41, 5.74) is 1.81. The van der Waals surface area contributed by atoms with Crippen LogP contribution in [0, 0.1) is 5.92 Å². The van der Waals surface area contributed by atoms with Gasteiger partial charge >= 0.3 is 5.97 Å². The summed E-state index contributed by atoms with van der Waals surface area (Å²) in [7, 11) is 0. The first-order valence-electron chi connectivity index (χ1n) is 6.80. The lowest BCUT2D eigenvalue weighted by Gasteiger charge is -2.09. The number of rotatable bonds is 4. The first kappa shape index (κ1) is 13.4. The Kier molecular flexibility index (Phi) is 3.48. The van der Waals surface area contributed by atoms with E-state index >= 15 is 0 Å². The summed E-state index contributed by atoms with van der Waals surface area (Å²) in [6.07, 6.45) is 2.63. The highest BCUT2D eigenvalue weighted by atomic mass is 16.5. The number of aromatic nitrogens is 1. The minimum absolute atomic E-state index is 0.203. The number of phenols is 1. The van der Waals surface area contributed by atoms with E-state index in [-0.39, 0.29) is 18.3 Å². The standard InChI is InChI=1S/C16H15NO4/c18-13-5-3-11(4-6-13)7-9-21-16(20)14-10-12-2-1-8-17(12)15(14)19/h1-6,8,14,18H,7,9-10H2/t14-/m1/s1. The van der Waals surface area contributed by atoms with E-state index in [1.54, 1.807) is 36.5 Å².